The van der Waals surface area contributed by atoms with Crippen molar-refractivity contribution in [2.75, 3.05) is 5.75 Å². The normalized spacial score (nSPS) is 13.5. The molecule has 0 radical (unpaired) electrons. The number of carbonyl (C=O) groups is 1. The molecule has 6 nitrogen and oxygen atoms in total. The number of ketones is 1. The Morgan fingerprint density at radius 1 is 1.08 bits per heavy atom. The Morgan fingerprint density at radius 2 is 1.62 bits per heavy atom. The summed E-state index contributed by atoms with van der Waals surface area (Å²) in [5.74, 6) is -0.616. The Balaban J connectivity index is 0.00000338. The van der Waals surface area contributed by atoms with E-state index in [1.807, 2.05) is 18.2 Å². The molecule has 0 aliphatic heterocycles. The van der Waals surface area contributed by atoms with Gasteiger partial charge in [0, 0.05) is 17.2 Å². The summed E-state index contributed by atoms with van der Waals surface area (Å²) in [7, 11) is -4.14. The van der Waals surface area contributed by atoms with E-state index in [9.17, 15) is 13.2 Å². The first-order valence-corrected chi connectivity index (χ1v) is 9.38. The van der Waals surface area contributed by atoms with Crippen molar-refractivity contribution in [1.29, 1.82) is 0 Å². The summed E-state index contributed by atoms with van der Waals surface area (Å²) in [6, 6.07) is 15.2. The van der Waals surface area contributed by atoms with Gasteiger partial charge in [-0.2, -0.15) is 8.42 Å². The van der Waals surface area contributed by atoms with Crippen LogP contribution in [0, 0.1) is 0 Å². The molecule has 2 atom stereocenters. The van der Waals surface area contributed by atoms with Gasteiger partial charge in [-0.25, -0.2) is 0 Å². The van der Waals surface area contributed by atoms with Crippen LogP contribution in [0.25, 0.3) is 0 Å². The first kappa shape index (κ1) is 23.0. The zero-order chi connectivity index (χ0) is 18.4. The SMILES string of the molecule is CC(OCc1ccc(C(=O)c2ccccc2)cc1)C(N)CS(=O)(=O)O.[NaH]. The van der Waals surface area contributed by atoms with Gasteiger partial charge in [-0.3, -0.25) is 9.35 Å². The number of nitrogens with two attached hydrogens (primary N) is 1. The van der Waals surface area contributed by atoms with Gasteiger partial charge in [0.05, 0.1) is 18.5 Å². The minimum atomic E-state index is -4.14. The van der Waals surface area contributed by atoms with Crippen molar-refractivity contribution in [2.45, 2.75) is 25.7 Å². The summed E-state index contributed by atoms with van der Waals surface area (Å²) in [5, 5.41) is 0. The van der Waals surface area contributed by atoms with E-state index in [2.05, 4.69) is 0 Å². The van der Waals surface area contributed by atoms with Crippen LogP contribution in [-0.4, -0.2) is 66.2 Å². The summed E-state index contributed by atoms with van der Waals surface area (Å²) in [4.78, 5) is 12.3. The second kappa shape index (κ2) is 10.3. The van der Waals surface area contributed by atoms with E-state index < -0.39 is 28.0 Å². The summed E-state index contributed by atoms with van der Waals surface area (Å²) in [6.07, 6.45) is -0.549. The van der Waals surface area contributed by atoms with Gasteiger partial charge < -0.3 is 10.5 Å². The van der Waals surface area contributed by atoms with Crippen LogP contribution in [0.5, 0.6) is 0 Å². The van der Waals surface area contributed by atoms with Crippen LogP contribution in [0.4, 0.5) is 0 Å². The molecule has 0 spiro atoms. The predicted octanol–water partition coefficient (Wildman–Crippen LogP) is 1.39. The summed E-state index contributed by atoms with van der Waals surface area (Å²) in [6.45, 7) is 1.86. The van der Waals surface area contributed by atoms with Crippen molar-refractivity contribution in [2.24, 2.45) is 5.73 Å². The van der Waals surface area contributed by atoms with Crippen LogP contribution in [0.15, 0.2) is 54.6 Å². The first-order valence-electron chi connectivity index (χ1n) is 7.77. The fraction of sp³-hybridized carbons (Fsp3) is 0.278. The maximum absolute atomic E-state index is 12.3. The van der Waals surface area contributed by atoms with Gasteiger partial charge in [-0.1, -0.05) is 54.6 Å². The van der Waals surface area contributed by atoms with E-state index in [-0.39, 0.29) is 41.9 Å². The Labute approximate surface area is 175 Å². The minimum absolute atomic E-state index is 0. The molecule has 0 bridgehead atoms. The Hall–Kier alpha value is -1.06. The summed E-state index contributed by atoms with van der Waals surface area (Å²) >= 11 is 0. The molecule has 0 fully saturated rings. The average molecular weight is 387 g/mol. The van der Waals surface area contributed by atoms with E-state index >= 15 is 0 Å². The molecule has 2 rings (SSSR count). The van der Waals surface area contributed by atoms with Gasteiger partial charge in [-0.05, 0) is 12.5 Å². The number of hydrogen-bond donors (Lipinski definition) is 2. The van der Waals surface area contributed by atoms with Crippen molar-refractivity contribution in [1.82, 2.24) is 0 Å². The van der Waals surface area contributed by atoms with Crippen LogP contribution in [-0.2, 0) is 21.5 Å². The maximum atomic E-state index is 12.3. The van der Waals surface area contributed by atoms with Crippen molar-refractivity contribution in [3.63, 3.8) is 0 Å². The zero-order valence-corrected chi connectivity index (χ0v) is 14.6. The molecule has 0 amide bonds. The number of carbonyl (C=O) groups excluding carboxylic acids is 1. The van der Waals surface area contributed by atoms with E-state index in [1.165, 1.54) is 0 Å². The van der Waals surface area contributed by atoms with Gasteiger partial charge in [0.1, 0.15) is 0 Å². The molecule has 8 heteroatoms. The quantitative estimate of drug-likeness (QED) is 0.403. The van der Waals surface area contributed by atoms with Gasteiger partial charge in [0.2, 0.25) is 0 Å². The molecule has 2 aromatic rings. The van der Waals surface area contributed by atoms with Crippen LogP contribution in [0.3, 0.4) is 0 Å². The van der Waals surface area contributed by atoms with Gasteiger partial charge >= 0.3 is 29.6 Å². The van der Waals surface area contributed by atoms with Gasteiger partial charge in [0.25, 0.3) is 10.1 Å². The molecule has 0 aromatic heterocycles. The van der Waals surface area contributed by atoms with Gasteiger partial charge in [-0.15, -0.1) is 0 Å². The molecule has 136 valence electrons. The molecule has 2 unspecified atom stereocenters. The fourth-order valence-electron chi connectivity index (χ4n) is 2.24. The van der Waals surface area contributed by atoms with Crippen molar-refractivity contribution in [3.05, 3.63) is 71.3 Å². The van der Waals surface area contributed by atoms with E-state index in [0.29, 0.717) is 11.1 Å². The fourth-order valence-corrected chi connectivity index (χ4v) is 3.00. The van der Waals surface area contributed by atoms with Crippen LogP contribution in [0.1, 0.15) is 28.4 Å². The molecular weight excluding hydrogens is 365 g/mol. The molecule has 0 heterocycles. The Kier molecular flexibility index (Phi) is 9.12. The Bertz CT molecular complexity index is 809. The van der Waals surface area contributed by atoms with E-state index in [0.717, 1.165) is 5.56 Å². The number of ether oxygens (including phenoxy) is 1. The number of benzene rings is 2. The third-order valence-electron chi connectivity index (χ3n) is 3.77. The monoisotopic (exact) mass is 387 g/mol. The molecule has 0 aliphatic rings. The van der Waals surface area contributed by atoms with Crippen LogP contribution < -0.4 is 5.73 Å². The number of rotatable bonds is 8. The predicted molar refractivity (Wildman–Crippen MR) is 102 cm³/mol. The standard InChI is InChI=1S/C18H21NO5S.Na.H/c1-13(17(19)12-25(21,22)23)24-11-14-7-9-16(10-8-14)18(20)15-5-3-2-4-6-15;;/h2-10,13,17H,11-12,19H2,1H3,(H,21,22,23);;. The average Bonchev–Trinajstić information content (AvgIpc) is 2.58. The van der Waals surface area contributed by atoms with Gasteiger partial charge in [0.15, 0.2) is 5.78 Å². The van der Waals surface area contributed by atoms with Crippen molar-refractivity contribution in [3.8, 4) is 0 Å². The molecule has 0 aliphatic carbocycles. The molecule has 26 heavy (non-hydrogen) atoms. The third-order valence-corrected chi connectivity index (χ3v) is 4.58. The van der Waals surface area contributed by atoms with Crippen molar-refractivity contribution >= 4 is 45.5 Å². The van der Waals surface area contributed by atoms with Crippen LogP contribution in [0.2, 0.25) is 0 Å². The van der Waals surface area contributed by atoms with E-state index in [4.69, 9.17) is 15.0 Å². The Morgan fingerprint density at radius 3 is 2.15 bits per heavy atom. The summed E-state index contributed by atoms with van der Waals surface area (Å²) in [5.41, 5.74) is 7.71. The molecular formula is C18H22NNaO5S. The first-order chi connectivity index (χ1) is 11.8. The topological polar surface area (TPSA) is 107 Å². The molecule has 0 saturated heterocycles. The number of hydrogen-bond acceptors (Lipinski definition) is 5. The molecule has 3 N–H and O–H groups in total. The second-order valence-electron chi connectivity index (χ2n) is 5.82. The third kappa shape index (κ3) is 7.28. The van der Waals surface area contributed by atoms with Crippen LogP contribution >= 0.6 is 0 Å². The summed E-state index contributed by atoms with van der Waals surface area (Å²) < 4.78 is 36.0. The van der Waals surface area contributed by atoms with Crippen molar-refractivity contribution < 1.29 is 22.5 Å². The molecule has 0 saturated carbocycles. The zero-order valence-electron chi connectivity index (χ0n) is 13.8. The second-order valence-corrected chi connectivity index (χ2v) is 7.32. The van der Waals surface area contributed by atoms with E-state index in [1.54, 1.807) is 43.3 Å². The molecule has 2 aromatic carbocycles.